The van der Waals surface area contributed by atoms with Crippen molar-refractivity contribution in [3.63, 3.8) is 0 Å². The maximum Gasteiger partial charge on any atom is 0.0540 e. The summed E-state index contributed by atoms with van der Waals surface area (Å²) >= 11 is 0. The van der Waals surface area contributed by atoms with Gasteiger partial charge >= 0.3 is 0 Å². The van der Waals surface area contributed by atoms with Gasteiger partial charge in [0.25, 0.3) is 0 Å². The van der Waals surface area contributed by atoms with Gasteiger partial charge in [-0.1, -0.05) is 67.1 Å². The summed E-state index contributed by atoms with van der Waals surface area (Å²) in [6.45, 7) is 3.91. The highest BCUT2D eigenvalue weighted by Gasteiger charge is 2.29. The van der Waals surface area contributed by atoms with Gasteiger partial charge in [0.2, 0.25) is 0 Å². The van der Waals surface area contributed by atoms with E-state index in [2.05, 4.69) is 65.6 Å². The number of aliphatic hydroxyl groups excluding tert-OH is 1. The van der Waals surface area contributed by atoms with E-state index in [4.69, 9.17) is 0 Å². The molecule has 24 heavy (non-hydrogen) atoms. The number of rotatable bonds is 6. The molecule has 1 aliphatic rings. The fraction of sp³-hybridized carbons (Fsp3) is 0.455. The fourth-order valence-corrected chi connectivity index (χ4v) is 3.92. The zero-order valence-corrected chi connectivity index (χ0v) is 14.6. The van der Waals surface area contributed by atoms with Crippen LogP contribution in [0.1, 0.15) is 43.7 Å². The Bertz CT molecular complexity index is 554. The number of hydrogen-bond acceptors (Lipinski definition) is 2. The minimum atomic E-state index is -0.192. The lowest BCUT2D eigenvalue weighted by Crippen LogP contribution is -2.40. The highest BCUT2D eigenvalue weighted by Crippen LogP contribution is 2.31. The highest BCUT2D eigenvalue weighted by molar-refractivity contribution is 5.17. The maximum atomic E-state index is 10.0. The van der Waals surface area contributed by atoms with Gasteiger partial charge in [-0.3, -0.25) is 4.90 Å². The standard InChI is InChI=1S/C22H29NO/c1-18(24)21-13-8-14-22(15-21)23(16-19-9-4-2-5-10-19)17-20-11-6-3-7-12-20/h2-7,9-12,18,21-22,24H,8,13-17H2,1H3/t18?,21-,22+/m1/s1. The molecule has 0 bridgehead atoms. The Hall–Kier alpha value is -1.64. The Kier molecular flexibility index (Phi) is 6.06. The summed E-state index contributed by atoms with van der Waals surface area (Å²) < 4.78 is 0. The summed E-state index contributed by atoms with van der Waals surface area (Å²) in [5.74, 6) is 0.442. The second-order valence-corrected chi connectivity index (χ2v) is 7.20. The molecule has 0 spiro atoms. The Morgan fingerprint density at radius 3 is 1.96 bits per heavy atom. The van der Waals surface area contributed by atoms with Crippen molar-refractivity contribution in [2.75, 3.05) is 0 Å². The topological polar surface area (TPSA) is 23.5 Å². The predicted octanol–water partition coefficient (Wildman–Crippen LogP) is 4.63. The second kappa shape index (κ2) is 8.46. The van der Waals surface area contributed by atoms with Crippen LogP contribution in [0.5, 0.6) is 0 Å². The van der Waals surface area contributed by atoms with Gasteiger partial charge in [0, 0.05) is 19.1 Å². The molecule has 128 valence electrons. The molecule has 3 rings (SSSR count). The molecule has 0 aliphatic heterocycles. The SMILES string of the molecule is CC(O)[C@@H]1CCC[C@H](N(Cc2ccccc2)Cc2ccccc2)C1. The molecule has 0 amide bonds. The van der Waals surface area contributed by atoms with E-state index in [-0.39, 0.29) is 6.10 Å². The van der Waals surface area contributed by atoms with Crippen LogP contribution >= 0.6 is 0 Å². The molecule has 2 aromatic carbocycles. The van der Waals surface area contributed by atoms with Crippen LogP contribution in [-0.4, -0.2) is 22.2 Å². The lowest BCUT2D eigenvalue weighted by atomic mass is 9.82. The van der Waals surface area contributed by atoms with Crippen LogP contribution in [0.2, 0.25) is 0 Å². The number of aliphatic hydroxyl groups is 1. The van der Waals surface area contributed by atoms with Crippen molar-refractivity contribution in [1.82, 2.24) is 4.90 Å². The molecule has 3 atom stereocenters. The molecule has 1 N–H and O–H groups in total. The molecule has 2 nitrogen and oxygen atoms in total. The van der Waals surface area contributed by atoms with Gasteiger partial charge in [-0.05, 0) is 43.2 Å². The predicted molar refractivity (Wildman–Crippen MR) is 99.6 cm³/mol. The van der Waals surface area contributed by atoms with Crippen molar-refractivity contribution in [2.24, 2.45) is 5.92 Å². The van der Waals surface area contributed by atoms with Gasteiger partial charge in [-0.15, -0.1) is 0 Å². The summed E-state index contributed by atoms with van der Waals surface area (Å²) in [6, 6.07) is 22.1. The summed E-state index contributed by atoms with van der Waals surface area (Å²) in [4.78, 5) is 2.61. The van der Waals surface area contributed by atoms with Crippen LogP contribution in [0.4, 0.5) is 0 Å². The molecular formula is C22H29NO. The van der Waals surface area contributed by atoms with E-state index in [9.17, 15) is 5.11 Å². The number of benzene rings is 2. The first kappa shape index (κ1) is 17.2. The Balaban J connectivity index is 1.75. The number of hydrogen-bond donors (Lipinski definition) is 1. The molecule has 1 saturated carbocycles. The molecule has 0 aromatic heterocycles. The van der Waals surface area contributed by atoms with Gasteiger partial charge in [-0.2, -0.15) is 0 Å². The second-order valence-electron chi connectivity index (χ2n) is 7.20. The van der Waals surface area contributed by atoms with Crippen molar-refractivity contribution in [3.8, 4) is 0 Å². The van der Waals surface area contributed by atoms with Crippen LogP contribution in [0.3, 0.4) is 0 Å². The minimum Gasteiger partial charge on any atom is -0.393 e. The van der Waals surface area contributed by atoms with Crippen LogP contribution in [-0.2, 0) is 13.1 Å². The van der Waals surface area contributed by atoms with Crippen molar-refractivity contribution >= 4 is 0 Å². The zero-order chi connectivity index (χ0) is 16.8. The van der Waals surface area contributed by atoms with Crippen LogP contribution in [0.25, 0.3) is 0 Å². The smallest absolute Gasteiger partial charge is 0.0540 e. The first-order valence-corrected chi connectivity index (χ1v) is 9.22. The monoisotopic (exact) mass is 323 g/mol. The van der Waals surface area contributed by atoms with E-state index < -0.39 is 0 Å². The van der Waals surface area contributed by atoms with Crippen molar-refractivity contribution in [1.29, 1.82) is 0 Å². The van der Waals surface area contributed by atoms with E-state index in [0.29, 0.717) is 12.0 Å². The normalized spacial score (nSPS) is 22.5. The van der Waals surface area contributed by atoms with E-state index in [0.717, 1.165) is 19.5 Å². The fourth-order valence-electron chi connectivity index (χ4n) is 3.92. The van der Waals surface area contributed by atoms with Crippen LogP contribution in [0.15, 0.2) is 60.7 Å². The van der Waals surface area contributed by atoms with Crippen molar-refractivity contribution in [2.45, 2.75) is 57.8 Å². The van der Waals surface area contributed by atoms with E-state index in [1.165, 1.54) is 30.4 Å². The van der Waals surface area contributed by atoms with Crippen molar-refractivity contribution in [3.05, 3.63) is 71.8 Å². The summed E-state index contributed by atoms with van der Waals surface area (Å²) in [5, 5.41) is 10.0. The van der Waals surface area contributed by atoms with E-state index in [1.807, 2.05) is 6.92 Å². The lowest BCUT2D eigenvalue weighted by molar-refractivity contribution is 0.0505. The Morgan fingerprint density at radius 2 is 1.46 bits per heavy atom. The highest BCUT2D eigenvalue weighted by atomic mass is 16.3. The molecular weight excluding hydrogens is 294 g/mol. The maximum absolute atomic E-state index is 10.0. The average Bonchev–Trinajstić information content (AvgIpc) is 2.63. The van der Waals surface area contributed by atoms with Gasteiger partial charge in [0.1, 0.15) is 0 Å². The largest absolute Gasteiger partial charge is 0.393 e. The van der Waals surface area contributed by atoms with E-state index >= 15 is 0 Å². The summed E-state index contributed by atoms with van der Waals surface area (Å²) in [5.41, 5.74) is 2.74. The molecule has 1 aliphatic carbocycles. The Morgan fingerprint density at radius 1 is 0.917 bits per heavy atom. The summed E-state index contributed by atoms with van der Waals surface area (Å²) in [6.07, 6.45) is 4.54. The van der Waals surface area contributed by atoms with Gasteiger partial charge < -0.3 is 5.11 Å². The number of nitrogens with zero attached hydrogens (tertiary/aromatic N) is 1. The van der Waals surface area contributed by atoms with Gasteiger partial charge in [-0.25, -0.2) is 0 Å². The van der Waals surface area contributed by atoms with Gasteiger partial charge in [0.05, 0.1) is 6.10 Å². The van der Waals surface area contributed by atoms with E-state index in [1.54, 1.807) is 0 Å². The molecule has 0 radical (unpaired) electrons. The molecule has 0 heterocycles. The molecule has 2 aromatic rings. The summed E-state index contributed by atoms with van der Waals surface area (Å²) in [7, 11) is 0. The van der Waals surface area contributed by atoms with Crippen LogP contribution < -0.4 is 0 Å². The quantitative estimate of drug-likeness (QED) is 0.838. The average molecular weight is 323 g/mol. The molecule has 2 heteroatoms. The van der Waals surface area contributed by atoms with Crippen molar-refractivity contribution < 1.29 is 5.11 Å². The molecule has 1 fully saturated rings. The Labute approximate surface area is 146 Å². The van der Waals surface area contributed by atoms with Crippen LogP contribution in [0, 0.1) is 5.92 Å². The third-order valence-electron chi connectivity index (χ3n) is 5.34. The lowest BCUT2D eigenvalue weighted by Gasteiger charge is -2.38. The van der Waals surface area contributed by atoms with Gasteiger partial charge in [0.15, 0.2) is 0 Å². The third kappa shape index (κ3) is 4.68. The first-order chi connectivity index (χ1) is 11.7. The molecule has 1 unspecified atom stereocenters. The first-order valence-electron chi connectivity index (χ1n) is 9.22. The molecule has 0 saturated heterocycles. The third-order valence-corrected chi connectivity index (χ3v) is 5.34. The minimum absolute atomic E-state index is 0.192. The zero-order valence-electron chi connectivity index (χ0n) is 14.6.